The molecule has 0 aromatic heterocycles. The van der Waals surface area contributed by atoms with Crippen LogP contribution in [0, 0.1) is 19.8 Å². The van der Waals surface area contributed by atoms with E-state index in [9.17, 15) is 14.7 Å². The van der Waals surface area contributed by atoms with E-state index < -0.39 is 17.9 Å². The van der Waals surface area contributed by atoms with E-state index in [-0.39, 0.29) is 12.3 Å². The highest BCUT2D eigenvalue weighted by Gasteiger charge is 2.44. The lowest BCUT2D eigenvalue weighted by molar-refractivity contribution is -0.142. The van der Waals surface area contributed by atoms with Gasteiger partial charge in [-0.05, 0) is 30.5 Å². The van der Waals surface area contributed by atoms with Gasteiger partial charge in [0, 0.05) is 13.0 Å². The molecule has 1 amide bonds. The van der Waals surface area contributed by atoms with E-state index in [1.165, 1.54) is 0 Å². The van der Waals surface area contributed by atoms with Gasteiger partial charge in [0.15, 0.2) is 0 Å². The molecule has 1 aliphatic heterocycles. The van der Waals surface area contributed by atoms with Gasteiger partial charge in [0.25, 0.3) is 0 Å². The molecule has 1 saturated heterocycles. The molecule has 0 aliphatic carbocycles. The Labute approximate surface area is 118 Å². The van der Waals surface area contributed by atoms with Gasteiger partial charge >= 0.3 is 5.97 Å². The molecule has 2 atom stereocenters. The van der Waals surface area contributed by atoms with Crippen molar-refractivity contribution in [3.8, 4) is 0 Å². The molecule has 1 aromatic rings. The van der Waals surface area contributed by atoms with Crippen molar-refractivity contribution in [3.05, 3.63) is 47.5 Å². The Kier molecular flexibility index (Phi) is 3.93. The first-order chi connectivity index (χ1) is 9.47. The molecular weight excluding hydrogens is 254 g/mol. The summed E-state index contributed by atoms with van der Waals surface area (Å²) < 4.78 is 0. The van der Waals surface area contributed by atoms with Gasteiger partial charge in [-0.3, -0.25) is 9.59 Å². The summed E-state index contributed by atoms with van der Waals surface area (Å²) >= 11 is 0. The maximum Gasteiger partial charge on any atom is 0.309 e. The summed E-state index contributed by atoms with van der Waals surface area (Å²) in [5, 5.41) is 9.40. The van der Waals surface area contributed by atoms with Crippen LogP contribution in [0.4, 0.5) is 0 Å². The fourth-order valence-electron chi connectivity index (χ4n) is 2.85. The minimum atomic E-state index is -0.921. The molecule has 4 nitrogen and oxygen atoms in total. The van der Waals surface area contributed by atoms with E-state index in [4.69, 9.17) is 0 Å². The number of likely N-dealkylation sites (tertiary alicyclic amines) is 1. The van der Waals surface area contributed by atoms with Crippen molar-refractivity contribution in [3.63, 3.8) is 0 Å². The molecule has 1 heterocycles. The van der Waals surface area contributed by atoms with Crippen LogP contribution in [0.1, 0.15) is 29.2 Å². The number of aliphatic carboxylic acids is 1. The predicted octanol–water partition coefficient (Wildman–Crippen LogP) is 2.46. The summed E-state index contributed by atoms with van der Waals surface area (Å²) in [6.45, 7) is 7.99. The zero-order chi connectivity index (χ0) is 14.9. The van der Waals surface area contributed by atoms with E-state index in [2.05, 4.69) is 6.58 Å². The number of aryl methyl sites for hydroxylation is 1. The summed E-state index contributed by atoms with van der Waals surface area (Å²) in [6, 6.07) is 5.41. The van der Waals surface area contributed by atoms with Crippen molar-refractivity contribution >= 4 is 11.9 Å². The molecule has 20 heavy (non-hydrogen) atoms. The van der Waals surface area contributed by atoms with Crippen LogP contribution in [0.15, 0.2) is 30.9 Å². The number of carboxylic acid groups (broad SMARTS) is 1. The number of hydrogen-bond acceptors (Lipinski definition) is 2. The molecule has 1 fully saturated rings. The molecular formula is C16H19NO3. The van der Waals surface area contributed by atoms with Crippen molar-refractivity contribution in [2.24, 2.45) is 5.92 Å². The van der Waals surface area contributed by atoms with Crippen LogP contribution in [0.3, 0.4) is 0 Å². The van der Waals surface area contributed by atoms with Gasteiger partial charge in [-0.25, -0.2) is 0 Å². The third kappa shape index (κ3) is 2.33. The maximum absolute atomic E-state index is 12.1. The molecule has 0 bridgehead atoms. The van der Waals surface area contributed by atoms with Gasteiger partial charge < -0.3 is 10.0 Å². The average Bonchev–Trinajstić information content (AvgIpc) is 2.71. The summed E-state index contributed by atoms with van der Waals surface area (Å²) in [4.78, 5) is 25.2. The number of benzene rings is 1. The van der Waals surface area contributed by atoms with Crippen molar-refractivity contribution in [1.29, 1.82) is 0 Å². The first-order valence-corrected chi connectivity index (χ1v) is 6.66. The van der Waals surface area contributed by atoms with E-state index in [1.807, 2.05) is 32.0 Å². The molecule has 0 spiro atoms. The van der Waals surface area contributed by atoms with Crippen molar-refractivity contribution in [2.75, 3.05) is 6.54 Å². The van der Waals surface area contributed by atoms with Gasteiger partial charge in [0.05, 0.1) is 12.0 Å². The largest absolute Gasteiger partial charge is 0.481 e. The molecule has 106 valence electrons. The predicted molar refractivity (Wildman–Crippen MR) is 76.3 cm³/mol. The Morgan fingerprint density at radius 2 is 2.20 bits per heavy atom. The average molecular weight is 273 g/mol. The number of nitrogens with zero attached hydrogens (tertiary/aromatic N) is 1. The maximum atomic E-state index is 12.1. The van der Waals surface area contributed by atoms with Gasteiger partial charge in [-0.1, -0.05) is 24.3 Å². The third-order valence-electron chi connectivity index (χ3n) is 4.04. The fourth-order valence-corrected chi connectivity index (χ4v) is 2.85. The van der Waals surface area contributed by atoms with Crippen LogP contribution >= 0.6 is 0 Å². The second kappa shape index (κ2) is 5.49. The van der Waals surface area contributed by atoms with E-state index in [1.54, 1.807) is 11.0 Å². The Morgan fingerprint density at radius 3 is 2.80 bits per heavy atom. The number of carboxylic acids is 1. The Bertz CT molecular complexity index is 565. The molecule has 0 radical (unpaired) electrons. The highest BCUT2D eigenvalue weighted by atomic mass is 16.4. The summed E-state index contributed by atoms with van der Waals surface area (Å²) in [5.41, 5.74) is 3.07. The number of amides is 1. The van der Waals surface area contributed by atoms with Gasteiger partial charge in [0.1, 0.15) is 0 Å². The number of carbonyl (C=O) groups is 2. The lowest BCUT2D eigenvalue weighted by Gasteiger charge is -2.28. The van der Waals surface area contributed by atoms with Crippen LogP contribution in [-0.4, -0.2) is 28.4 Å². The second-order valence-electron chi connectivity index (χ2n) is 5.22. The van der Waals surface area contributed by atoms with Crippen molar-refractivity contribution in [1.82, 2.24) is 4.90 Å². The molecule has 1 aliphatic rings. The van der Waals surface area contributed by atoms with Crippen molar-refractivity contribution in [2.45, 2.75) is 26.3 Å². The fraction of sp³-hybridized carbons (Fsp3) is 0.375. The number of rotatable bonds is 4. The Balaban J connectivity index is 2.51. The zero-order valence-corrected chi connectivity index (χ0v) is 11.8. The SMILES string of the molecule is C=CCN1C(=O)CC(C(=O)O)C1c1cccc(C)c1C. The van der Waals surface area contributed by atoms with Gasteiger partial charge in [-0.15, -0.1) is 6.58 Å². The molecule has 4 heteroatoms. The third-order valence-corrected chi connectivity index (χ3v) is 4.04. The normalized spacial score (nSPS) is 22.1. The van der Waals surface area contributed by atoms with Crippen molar-refractivity contribution < 1.29 is 14.7 Å². The summed E-state index contributed by atoms with van der Waals surface area (Å²) in [5.74, 6) is -1.73. The minimum absolute atomic E-state index is 0.0568. The zero-order valence-electron chi connectivity index (χ0n) is 11.8. The van der Waals surface area contributed by atoms with Crippen LogP contribution < -0.4 is 0 Å². The summed E-state index contributed by atoms with van der Waals surface area (Å²) in [6.07, 6.45) is 1.70. The monoisotopic (exact) mass is 273 g/mol. The van der Waals surface area contributed by atoms with Gasteiger partial charge in [-0.2, -0.15) is 0 Å². The second-order valence-corrected chi connectivity index (χ2v) is 5.22. The topological polar surface area (TPSA) is 57.6 Å². The highest BCUT2D eigenvalue weighted by Crippen LogP contribution is 2.39. The quantitative estimate of drug-likeness (QED) is 0.857. The number of hydrogen-bond donors (Lipinski definition) is 1. The number of carbonyl (C=O) groups excluding carboxylic acids is 1. The Morgan fingerprint density at radius 1 is 1.50 bits per heavy atom. The first kappa shape index (κ1) is 14.3. The van der Waals surface area contributed by atoms with Crippen LogP contribution in [0.2, 0.25) is 0 Å². The summed E-state index contributed by atoms with van der Waals surface area (Å²) in [7, 11) is 0. The standard InChI is InChI=1S/C16H19NO3/c1-4-8-17-14(18)9-13(16(19)20)15(17)12-7-5-6-10(2)11(12)3/h4-7,13,15H,1,8-9H2,2-3H3,(H,19,20). The highest BCUT2D eigenvalue weighted by molar-refractivity contribution is 5.87. The smallest absolute Gasteiger partial charge is 0.309 e. The van der Waals surface area contributed by atoms with Crippen LogP contribution in [-0.2, 0) is 9.59 Å². The molecule has 0 saturated carbocycles. The lowest BCUT2D eigenvalue weighted by atomic mass is 9.89. The minimum Gasteiger partial charge on any atom is -0.481 e. The van der Waals surface area contributed by atoms with Crippen LogP contribution in [0.5, 0.6) is 0 Å². The lowest BCUT2D eigenvalue weighted by Crippen LogP contribution is -2.31. The first-order valence-electron chi connectivity index (χ1n) is 6.66. The van der Waals surface area contributed by atoms with Gasteiger partial charge in [0.2, 0.25) is 5.91 Å². The van der Waals surface area contributed by atoms with E-state index in [0.717, 1.165) is 16.7 Å². The van der Waals surface area contributed by atoms with E-state index in [0.29, 0.717) is 6.54 Å². The van der Waals surface area contributed by atoms with Crippen LogP contribution in [0.25, 0.3) is 0 Å². The van der Waals surface area contributed by atoms with E-state index >= 15 is 0 Å². The molecule has 2 rings (SSSR count). The molecule has 1 aromatic carbocycles. The molecule has 1 N–H and O–H groups in total. The Hall–Kier alpha value is -2.10. The molecule has 2 unspecified atom stereocenters.